The van der Waals surface area contributed by atoms with Crippen LogP contribution in [0, 0.1) is 0 Å². The molecule has 1 aromatic rings. The fraction of sp³-hybridized carbons (Fsp3) is 0.400. The molecular weight excluding hydrogens is 244 g/mol. The van der Waals surface area contributed by atoms with Crippen molar-refractivity contribution in [1.29, 1.82) is 0 Å². The van der Waals surface area contributed by atoms with Gasteiger partial charge < -0.3 is 5.11 Å². The second kappa shape index (κ2) is 4.33. The molecule has 7 heteroatoms. The highest BCUT2D eigenvalue weighted by Crippen LogP contribution is 2.18. The van der Waals surface area contributed by atoms with Crippen LogP contribution in [0.3, 0.4) is 0 Å². The van der Waals surface area contributed by atoms with Gasteiger partial charge in [0.1, 0.15) is 5.82 Å². The zero-order chi connectivity index (χ0) is 13.3. The number of carbonyl (C=O) groups is 1. The van der Waals surface area contributed by atoms with Crippen LogP contribution in [-0.2, 0) is 10.0 Å². The van der Waals surface area contributed by atoms with Gasteiger partial charge >= 0.3 is 5.97 Å². The second-order valence-electron chi connectivity index (χ2n) is 4.43. The lowest BCUT2D eigenvalue weighted by Crippen LogP contribution is -2.34. The SMILES string of the molecule is CC(C)(C)S(=O)(=O)Nc1cccc(C(=O)O)n1. The van der Waals surface area contributed by atoms with Crippen LogP contribution < -0.4 is 4.72 Å². The summed E-state index contributed by atoms with van der Waals surface area (Å²) in [6.45, 7) is 4.61. The van der Waals surface area contributed by atoms with E-state index >= 15 is 0 Å². The fourth-order valence-corrected chi connectivity index (χ4v) is 1.60. The third-order valence-electron chi connectivity index (χ3n) is 2.01. The molecule has 0 saturated heterocycles. The number of nitrogens with zero attached hydrogens (tertiary/aromatic N) is 1. The van der Waals surface area contributed by atoms with E-state index < -0.39 is 20.7 Å². The van der Waals surface area contributed by atoms with Crippen LogP contribution in [0.25, 0.3) is 0 Å². The summed E-state index contributed by atoms with van der Waals surface area (Å²) in [6, 6.07) is 4.11. The molecule has 2 N–H and O–H groups in total. The molecule has 0 spiro atoms. The Bertz CT molecular complexity index is 531. The van der Waals surface area contributed by atoms with E-state index in [1.807, 2.05) is 0 Å². The van der Waals surface area contributed by atoms with Crippen molar-refractivity contribution in [2.45, 2.75) is 25.5 Å². The van der Waals surface area contributed by atoms with E-state index in [4.69, 9.17) is 5.11 Å². The van der Waals surface area contributed by atoms with Gasteiger partial charge in [0.2, 0.25) is 10.0 Å². The number of hydrogen-bond acceptors (Lipinski definition) is 4. The van der Waals surface area contributed by atoms with Crippen molar-refractivity contribution in [3.8, 4) is 0 Å². The smallest absolute Gasteiger partial charge is 0.354 e. The maximum absolute atomic E-state index is 11.8. The van der Waals surface area contributed by atoms with Gasteiger partial charge in [-0.3, -0.25) is 4.72 Å². The summed E-state index contributed by atoms with van der Waals surface area (Å²) >= 11 is 0. The van der Waals surface area contributed by atoms with E-state index in [1.165, 1.54) is 39.0 Å². The molecule has 0 aliphatic heterocycles. The Balaban J connectivity index is 3.05. The lowest BCUT2D eigenvalue weighted by Gasteiger charge is -2.19. The first-order valence-electron chi connectivity index (χ1n) is 4.86. The third-order valence-corrected chi connectivity index (χ3v) is 4.10. The molecule has 0 unspecified atom stereocenters. The quantitative estimate of drug-likeness (QED) is 0.852. The van der Waals surface area contributed by atoms with Gasteiger partial charge in [-0.1, -0.05) is 6.07 Å². The first-order chi connectivity index (χ1) is 7.63. The largest absolute Gasteiger partial charge is 0.477 e. The van der Waals surface area contributed by atoms with Gasteiger partial charge in [-0.15, -0.1) is 0 Å². The topological polar surface area (TPSA) is 96.4 Å². The van der Waals surface area contributed by atoms with Gasteiger partial charge in [-0.25, -0.2) is 18.2 Å². The summed E-state index contributed by atoms with van der Waals surface area (Å²) in [5.74, 6) is -1.21. The Morgan fingerprint density at radius 3 is 2.41 bits per heavy atom. The van der Waals surface area contributed by atoms with E-state index in [2.05, 4.69) is 9.71 Å². The van der Waals surface area contributed by atoms with Gasteiger partial charge in [0.05, 0.1) is 4.75 Å². The van der Waals surface area contributed by atoms with Gasteiger partial charge in [-0.05, 0) is 32.9 Å². The van der Waals surface area contributed by atoms with Gasteiger partial charge in [0.25, 0.3) is 0 Å². The molecule has 0 bridgehead atoms. The molecule has 1 aromatic heterocycles. The third kappa shape index (κ3) is 3.16. The minimum Gasteiger partial charge on any atom is -0.477 e. The molecule has 17 heavy (non-hydrogen) atoms. The van der Waals surface area contributed by atoms with E-state index in [1.54, 1.807) is 0 Å². The molecule has 0 aliphatic carbocycles. The van der Waals surface area contributed by atoms with Crippen molar-refractivity contribution in [3.05, 3.63) is 23.9 Å². The van der Waals surface area contributed by atoms with Crippen LogP contribution in [0.1, 0.15) is 31.3 Å². The number of pyridine rings is 1. The maximum atomic E-state index is 11.8. The standard InChI is InChI=1S/C10H14N2O4S/c1-10(2,3)17(15,16)12-8-6-4-5-7(11-8)9(13)14/h4-6H,1-3H3,(H,11,12)(H,13,14). The molecular formula is C10H14N2O4S. The molecule has 1 rings (SSSR count). The van der Waals surface area contributed by atoms with Crippen molar-refractivity contribution in [3.63, 3.8) is 0 Å². The number of aromatic nitrogens is 1. The van der Waals surface area contributed by atoms with Crippen LogP contribution >= 0.6 is 0 Å². The second-order valence-corrected chi connectivity index (χ2v) is 6.87. The molecule has 0 aliphatic rings. The first kappa shape index (κ1) is 13.4. The van der Waals surface area contributed by atoms with E-state index in [0.717, 1.165) is 0 Å². The van der Waals surface area contributed by atoms with Crippen LogP contribution in [-0.4, -0.2) is 29.2 Å². The fourth-order valence-electron chi connectivity index (χ4n) is 0.901. The van der Waals surface area contributed by atoms with Gasteiger partial charge in [0.15, 0.2) is 5.69 Å². The Kier molecular flexibility index (Phi) is 3.42. The van der Waals surface area contributed by atoms with Gasteiger partial charge in [0, 0.05) is 0 Å². The highest BCUT2D eigenvalue weighted by molar-refractivity contribution is 7.94. The van der Waals surface area contributed by atoms with Crippen molar-refractivity contribution in [2.24, 2.45) is 0 Å². The number of anilines is 1. The number of rotatable bonds is 3. The molecule has 0 radical (unpaired) electrons. The summed E-state index contributed by atoms with van der Waals surface area (Å²) < 4.78 is 24.9. The molecule has 94 valence electrons. The predicted octanol–water partition coefficient (Wildman–Crippen LogP) is 1.32. The van der Waals surface area contributed by atoms with Crippen molar-refractivity contribution in [1.82, 2.24) is 4.98 Å². The number of carboxylic acid groups (broad SMARTS) is 1. The summed E-state index contributed by atoms with van der Waals surface area (Å²) in [7, 11) is -3.60. The molecule has 0 atom stereocenters. The molecule has 0 aromatic carbocycles. The molecule has 0 saturated carbocycles. The Morgan fingerprint density at radius 1 is 1.35 bits per heavy atom. The van der Waals surface area contributed by atoms with E-state index in [9.17, 15) is 13.2 Å². The minimum atomic E-state index is -3.60. The Labute approximate surface area is 99.7 Å². The summed E-state index contributed by atoms with van der Waals surface area (Å²) in [5.41, 5.74) is -0.209. The predicted molar refractivity (Wildman–Crippen MR) is 63.5 cm³/mol. The zero-order valence-corrected chi connectivity index (χ0v) is 10.6. The molecule has 1 heterocycles. The average Bonchev–Trinajstić information content (AvgIpc) is 2.15. The highest BCUT2D eigenvalue weighted by Gasteiger charge is 2.29. The number of carboxylic acids is 1. The lowest BCUT2D eigenvalue weighted by molar-refractivity contribution is 0.0690. The number of nitrogens with one attached hydrogen (secondary N) is 1. The molecule has 0 fully saturated rings. The van der Waals surface area contributed by atoms with Crippen LogP contribution in [0.4, 0.5) is 5.82 Å². The monoisotopic (exact) mass is 258 g/mol. The van der Waals surface area contributed by atoms with Crippen molar-refractivity contribution >= 4 is 21.8 Å². The molecule has 6 nitrogen and oxygen atoms in total. The maximum Gasteiger partial charge on any atom is 0.354 e. The summed E-state index contributed by atoms with van der Waals surface area (Å²) in [4.78, 5) is 14.4. The van der Waals surface area contributed by atoms with Gasteiger partial charge in [-0.2, -0.15) is 0 Å². The first-order valence-corrected chi connectivity index (χ1v) is 6.34. The Hall–Kier alpha value is -1.63. The lowest BCUT2D eigenvalue weighted by atomic mass is 10.3. The Morgan fingerprint density at radius 2 is 1.94 bits per heavy atom. The van der Waals surface area contributed by atoms with Crippen LogP contribution in [0.15, 0.2) is 18.2 Å². The minimum absolute atomic E-state index is 0.000162. The van der Waals surface area contributed by atoms with Crippen molar-refractivity contribution < 1.29 is 18.3 Å². The number of sulfonamides is 1. The van der Waals surface area contributed by atoms with Crippen LogP contribution in [0.5, 0.6) is 0 Å². The van der Waals surface area contributed by atoms with E-state index in [0.29, 0.717) is 0 Å². The number of aromatic carboxylic acids is 1. The summed E-state index contributed by atoms with van der Waals surface area (Å²) in [6.07, 6.45) is 0. The van der Waals surface area contributed by atoms with Crippen LogP contribution in [0.2, 0.25) is 0 Å². The number of hydrogen-bond donors (Lipinski definition) is 2. The highest BCUT2D eigenvalue weighted by atomic mass is 32.2. The molecule has 0 amide bonds. The normalized spacial score (nSPS) is 12.2. The van der Waals surface area contributed by atoms with E-state index in [-0.39, 0.29) is 11.5 Å². The zero-order valence-electron chi connectivity index (χ0n) is 9.76. The average molecular weight is 258 g/mol. The van der Waals surface area contributed by atoms with Crippen molar-refractivity contribution in [2.75, 3.05) is 4.72 Å². The summed E-state index contributed by atoms with van der Waals surface area (Å²) in [5, 5.41) is 8.73.